The zero-order valence-electron chi connectivity index (χ0n) is 14.3. The minimum atomic E-state index is -0.428. The average Bonchev–Trinajstić information content (AvgIpc) is 3.34. The van der Waals surface area contributed by atoms with Gasteiger partial charge in [0, 0.05) is 12.2 Å². The van der Waals surface area contributed by atoms with E-state index in [0.29, 0.717) is 16.1 Å². The molecule has 0 unspecified atom stereocenters. The van der Waals surface area contributed by atoms with Crippen molar-refractivity contribution in [1.29, 1.82) is 0 Å². The molecule has 132 valence electrons. The summed E-state index contributed by atoms with van der Waals surface area (Å²) in [6.45, 7) is 2.91. The number of rotatable bonds is 7. The molecule has 25 heavy (non-hydrogen) atoms. The molecule has 1 heterocycles. The highest BCUT2D eigenvalue weighted by Gasteiger charge is 2.21. The smallest absolute Gasteiger partial charge is 0.337 e. The molecular weight excluding hydrogens is 338 g/mol. The van der Waals surface area contributed by atoms with E-state index in [0.717, 1.165) is 29.6 Å². The molecule has 3 rings (SSSR count). The molecule has 1 saturated carbocycles. The first kappa shape index (κ1) is 17.4. The summed E-state index contributed by atoms with van der Waals surface area (Å²) < 4.78 is 4.74. The summed E-state index contributed by atoms with van der Waals surface area (Å²) in [5.41, 5.74) is 1.99. The average molecular weight is 359 g/mol. The minimum absolute atomic E-state index is 0.228. The van der Waals surface area contributed by atoms with Crippen LogP contribution in [0.2, 0.25) is 0 Å². The van der Waals surface area contributed by atoms with Gasteiger partial charge in [0.05, 0.1) is 18.9 Å². The Balaban J connectivity index is 1.71. The van der Waals surface area contributed by atoms with Crippen LogP contribution in [0.1, 0.15) is 45.4 Å². The third-order valence-corrected chi connectivity index (χ3v) is 5.08. The van der Waals surface area contributed by atoms with Gasteiger partial charge in [-0.25, -0.2) is 9.78 Å². The van der Waals surface area contributed by atoms with Crippen molar-refractivity contribution in [3.05, 3.63) is 40.4 Å². The third-order valence-electron chi connectivity index (χ3n) is 4.13. The second-order valence-corrected chi connectivity index (χ2v) is 7.06. The van der Waals surface area contributed by atoms with E-state index >= 15 is 0 Å². The first-order valence-corrected chi connectivity index (χ1v) is 9.14. The van der Waals surface area contributed by atoms with Crippen molar-refractivity contribution in [3.63, 3.8) is 0 Å². The van der Waals surface area contributed by atoms with E-state index in [9.17, 15) is 9.59 Å². The number of ether oxygens (including phenoxy) is 1. The fraction of sp³-hybridized carbons (Fsp3) is 0.389. The van der Waals surface area contributed by atoms with E-state index in [1.54, 1.807) is 18.3 Å². The maximum Gasteiger partial charge on any atom is 0.337 e. The van der Waals surface area contributed by atoms with Crippen LogP contribution < -0.4 is 10.6 Å². The van der Waals surface area contributed by atoms with Gasteiger partial charge in [0.2, 0.25) is 0 Å². The molecule has 0 saturated heterocycles. The van der Waals surface area contributed by atoms with Crippen molar-refractivity contribution < 1.29 is 14.3 Å². The number of aromatic nitrogens is 1. The molecular formula is C18H21N3O3S. The Morgan fingerprint density at radius 2 is 2.16 bits per heavy atom. The Kier molecular flexibility index (Phi) is 5.33. The predicted octanol–water partition coefficient (Wildman–Crippen LogP) is 3.57. The number of carbonyl (C=O) groups is 2. The number of thiazole rings is 1. The van der Waals surface area contributed by atoms with Crippen LogP contribution in [-0.4, -0.2) is 30.5 Å². The van der Waals surface area contributed by atoms with Gasteiger partial charge in [-0.05, 0) is 42.9 Å². The van der Waals surface area contributed by atoms with Gasteiger partial charge in [-0.1, -0.05) is 24.3 Å². The summed E-state index contributed by atoms with van der Waals surface area (Å²) >= 11 is 1.33. The van der Waals surface area contributed by atoms with Crippen LogP contribution >= 0.6 is 11.3 Å². The van der Waals surface area contributed by atoms with Crippen LogP contribution in [0.25, 0.3) is 0 Å². The zero-order valence-corrected chi connectivity index (χ0v) is 15.1. The van der Waals surface area contributed by atoms with E-state index in [2.05, 4.69) is 15.6 Å². The summed E-state index contributed by atoms with van der Waals surface area (Å²) in [4.78, 5) is 29.0. The number of aryl methyl sites for hydroxylation is 1. The topological polar surface area (TPSA) is 80.3 Å². The Bertz CT molecular complexity index is 784. The van der Waals surface area contributed by atoms with Crippen LogP contribution in [0.5, 0.6) is 0 Å². The molecule has 0 radical (unpaired) electrons. The van der Waals surface area contributed by atoms with Gasteiger partial charge < -0.3 is 15.4 Å². The van der Waals surface area contributed by atoms with E-state index in [4.69, 9.17) is 4.74 Å². The van der Waals surface area contributed by atoms with Gasteiger partial charge in [0.25, 0.3) is 5.91 Å². The first-order chi connectivity index (χ1) is 12.1. The van der Waals surface area contributed by atoms with E-state index in [-0.39, 0.29) is 5.91 Å². The van der Waals surface area contributed by atoms with E-state index in [1.165, 1.54) is 31.3 Å². The summed E-state index contributed by atoms with van der Waals surface area (Å²) in [7, 11) is 1.34. The molecule has 7 heteroatoms. The lowest BCUT2D eigenvalue weighted by Gasteiger charge is -2.10. The molecule has 1 aliphatic carbocycles. The molecule has 1 aromatic heterocycles. The summed E-state index contributed by atoms with van der Waals surface area (Å²) in [5, 5.41) is 6.91. The number of esters is 1. The number of benzene rings is 1. The lowest BCUT2D eigenvalue weighted by Crippen LogP contribution is -2.13. The van der Waals surface area contributed by atoms with Crippen molar-refractivity contribution in [2.24, 2.45) is 5.92 Å². The largest absolute Gasteiger partial charge is 0.465 e. The number of hydrogen-bond acceptors (Lipinski definition) is 6. The summed E-state index contributed by atoms with van der Waals surface area (Å²) in [6, 6.07) is 5.18. The van der Waals surface area contributed by atoms with E-state index < -0.39 is 5.97 Å². The SMILES string of the molecule is CCc1ccc(C(=O)OC)cc1NC(=O)c1cnc(NCC2CC2)s1. The zero-order chi connectivity index (χ0) is 17.8. The predicted molar refractivity (Wildman–Crippen MR) is 98.4 cm³/mol. The van der Waals surface area contributed by atoms with Gasteiger partial charge in [0.1, 0.15) is 4.88 Å². The lowest BCUT2D eigenvalue weighted by molar-refractivity contribution is 0.0600. The highest BCUT2D eigenvalue weighted by molar-refractivity contribution is 7.17. The second-order valence-electron chi connectivity index (χ2n) is 6.03. The molecule has 0 aliphatic heterocycles. The molecule has 6 nitrogen and oxygen atoms in total. The molecule has 1 aliphatic rings. The number of carbonyl (C=O) groups excluding carboxylic acids is 2. The fourth-order valence-electron chi connectivity index (χ4n) is 2.44. The minimum Gasteiger partial charge on any atom is -0.465 e. The molecule has 0 spiro atoms. The number of nitrogens with zero attached hydrogens (tertiary/aromatic N) is 1. The number of methoxy groups -OCH3 is 1. The number of nitrogens with one attached hydrogen (secondary N) is 2. The normalized spacial score (nSPS) is 13.4. The van der Waals surface area contributed by atoms with Crippen LogP contribution in [0.4, 0.5) is 10.8 Å². The van der Waals surface area contributed by atoms with Gasteiger partial charge in [-0.3, -0.25) is 4.79 Å². The highest BCUT2D eigenvalue weighted by atomic mass is 32.1. The van der Waals surface area contributed by atoms with Gasteiger partial charge in [-0.15, -0.1) is 0 Å². The molecule has 1 amide bonds. The van der Waals surface area contributed by atoms with Gasteiger partial charge in [0.15, 0.2) is 5.13 Å². The van der Waals surface area contributed by atoms with E-state index in [1.807, 2.05) is 13.0 Å². The van der Waals surface area contributed by atoms with Crippen molar-refractivity contribution in [2.75, 3.05) is 24.3 Å². The molecule has 1 fully saturated rings. The molecule has 2 N–H and O–H groups in total. The Labute approximate surface area is 150 Å². The van der Waals surface area contributed by atoms with Crippen molar-refractivity contribution >= 4 is 34.0 Å². The molecule has 1 aromatic carbocycles. The van der Waals surface area contributed by atoms with Gasteiger partial charge in [-0.2, -0.15) is 0 Å². The first-order valence-electron chi connectivity index (χ1n) is 8.33. The lowest BCUT2D eigenvalue weighted by atomic mass is 10.1. The quantitative estimate of drug-likeness (QED) is 0.739. The monoisotopic (exact) mass is 359 g/mol. The number of hydrogen-bond donors (Lipinski definition) is 2. The molecule has 2 aromatic rings. The van der Waals surface area contributed by atoms with Crippen LogP contribution in [0.3, 0.4) is 0 Å². The van der Waals surface area contributed by atoms with Crippen LogP contribution in [0.15, 0.2) is 24.4 Å². The Hall–Kier alpha value is -2.41. The van der Waals surface area contributed by atoms with Crippen molar-refractivity contribution in [1.82, 2.24) is 4.98 Å². The van der Waals surface area contributed by atoms with Crippen molar-refractivity contribution in [2.45, 2.75) is 26.2 Å². The third kappa shape index (κ3) is 4.36. The van der Waals surface area contributed by atoms with Gasteiger partial charge >= 0.3 is 5.97 Å². The Morgan fingerprint density at radius 1 is 1.36 bits per heavy atom. The Morgan fingerprint density at radius 3 is 2.84 bits per heavy atom. The summed E-state index contributed by atoms with van der Waals surface area (Å²) in [5.74, 6) is 0.0885. The second kappa shape index (κ2) is 7.65. The molecule has 0 bridgehead atoms. The number of anilines is 2. The highest BCUT2D eigenvalue weighted by Crippen LogP contribution is 2.30. The summed E-state index contributed by atoms with van der Waals surface area (Å²) in [6.07, 6.45) is 4.85. The fourth-order valence-corrected chi connectivity index (χ4v) is 3.16. The maximum atomic E-state index is 12.5. The van der Waals surface area contributed by atoms with Crippen LogP contribution in [0, 0.1) is 5.92 Å². The van der Waals surface area contributed by atoms with Crippen LogP contribution in [-0.2, 0) is 11.2 Å². The van der Waals surface area contributed by atoms with Crippen molar-refractivity contribution in [3.8, 4) is 0 Å². The standard InChI is InChI=1S/C18H21N3O3S/c1-3-12-6-7-13(17(23)24-2)8-14(12)21-16(22)15-10-20-18(25-15)19-9-11-4-5-11/h6-8,10-11H,3-5,9H2,1-2H3,(H,19,20)(H,21,22). The molecule has 0 atom stereocenters. The number of amides is 1. The maximum absolute atomic E-state index is 12.5.